The fraction of sp³-hybridized carbons (Fsp3) is 0.417. The van der Waals surface area contributed by atoms with Crippen LogP contribution in [-0.2, 0) is 73.4 Å². The van der Waals surface area contributed by atoms with Crippen LogP contribution in [0.5, 0.6) is 5.75 Å². The van der Waals surface area contributed by atoms with Gasteiger partial charge in [-0.05, 0) is 103 Å². The highest BCUT2D eigenvalue weighted by Gasteiger charge is 2.56. The normalized spacial score (nSPS) is 17.0. The minimum atomic E-state index is -1.83. The number of benzene rings is 4. The summed E-state index contributed by atoms with van der Waals surface area (Å²) in [7, 11) is 1.03. The molecule has 28 heteroatoms. The molecule has 5 N–H and O–H groups in total. The predicted molar refractivity (Wildman–Crippen MR) is 363 cm³/mol. The number of alkyl carbamates (subject to hydrolysis) is 1. The van der Waals surface area contributed by atoms with Crippen molar-refractivity contribution in [3.8, 4) is 16.9 Å². The van der Waals surface area contributed by atoms with Gasteiger partial charge in [-0.25, -0.2) is 19.4 Å². The van der Waals surface area contributed by atoms with Crippen LogP contribution in [0.4, 0.5) is 38.0 Å². The quantitative estimate of drug-likeness (QED) is 0.00866. The van der Waals surface area contributed by atoms with Gasteiger partial charge in [0.2, 0.25) is 24.2 Å². The number of anilines is 5. The molecule has 28 nitrogen and oxygen atoms in total. The zero-order chi connectivity index (χ0) is 71.2. The lowest BCUT2D eigenvalue weighted by Gasteiger charge is -2.43. The third kappa shape index (κ3) is 19.5. The number of hydrogen-bond acceptors (Lipinski definition) is 23. The lowest BCUT2D eigenvalue weighted by molar-refractivity contribution is -0.282. The highest BCUT2D eigenvalue weighted by molar-refractivity contribution is 5.96. The lowest BCUT2D eigenvalue weighted by atomic mass is 9.95. The number of likely N-dealkylation sites (N-methyl/N-ethyl adjacent to an activating group) is 1. The van der Waals surface area contributed by atoms with Gasteiger partial charge in [0.25, 0.3) is 16.8 Å². The first-order valence-corrected chi connectivity index (χ1v) is 33.3. The number of pyridine rings is 1. The van der Waals surface area contributed by atoms with E-state index in [2.05, 4.69) is 31.6 Å². The highest BCUT2D eigenvalue weighted by atomic mass is 16.7. The van der Waals surface area contributed by atoms with Crippen molar-refractivity contribution in [2.45, 2.75) is 148 Å². The number of hydrogen-bond donors (Lipinski definition) is 5. The van der Waals surface area contributed by atoms with Gasteiger partial charge in [-0.1, -0.05) is 92.8 Å². The molecule has 9 rings (SSSR count). The Morgan fingerprint density at radius 3 is 2.01 bits per heavy atom. The maximum absolute atomic E-state index is 14.0. The van der Waals surface area contributed by atoms with E-state index in [1.165, 1.54) is 29.3 Å². The van der Waals surface area contributed by atoms with Crippen LogP contribution in [-0.4, -0.2) is 152 Å². The Morgan fingerprint density at radius 2 is 1.32 bits per heavy atom. The van der Waals surface area contributed by atoms with Crippen LogP contribution < -0.4 is 42.2 Å². The second-order valence-corrected chi connectivity index (χ2v) is 24.0. The topological polar surface area (TPSA) is 350 Å². The van der Waals surface area contributed by atoms with Crippen molar-refractivity contribution in [1.82, 2.24) is 20.3 Å². The number of carbonyl (C=O) groups excluding carboxylic acids is 9. The van der Waals surface area contributed by atoms with Gasteiger partial charge in [-0.2, -0.15) is 0 Å². The van der Waals surface area contributed by atoms with E-state index in [0.717, 1.165) is 95.1 Å². The molecule has 6 aromatic rings. The molecule has 1 saturated carbocycles. The van der Waals surface area contributed by atoms with Gasteiger partial charge in [0, 0.05) is 95.0 Å². The number of methoxy groups -OCH3 is 1. The second kappa shape index (κ2) is 35.7. The predicted octanol–water partition coefficient (Wildman–Crippen LogP) is 8.73. The molecule has 1 saturated heterocycles. The molecular weight excluding hydrogens is 1300 g/mol. The average molecular weight is 1380 g/mol. The molecule has 5 aromatic carbocycles. The van der Waals surface area contributed by atoms with Gasteiger partial charge in [0.05, 0.1) is 25.4 Å². The molecule has 5 atom stereocenters. The number of amides is 5. The number of ether oxygens (including phenoxy) is 8. The smallest absolute Gasteiger partial charge is 0.411 e. The molecule has 2 heterocycles. The standard InChI is InChI=1S/C72H82N8O20/c1-6-79(37-38-95-80(50-21-10-9-11-22-50)59(85)27-12-7-8-17-33-74-60-61(63(87)62(60)86)76-48-30-34-73-35-31-48)68(88)47-19-18-20-49(40-47)77-72(91)93-41-46-28-29-57(99-70-67(98-45(4)83)65(97-44(3)82)64(96-43(2)81)66(100-70)69(89)92-5)56(39-46)78-58(84)32-36-75-71(90)94-42-55-53-25-15-13-23-51(53)52-24-14-16-26-54(52)55/h13-16,18-20,23-26,28-31,34-35,39-40,50,55,64-67,70,74H,6-12,17,21-22,27,32-33,36-38,41-42H2,1-5H3,(H,73,76)(H,75,90)(H,77,91)(H,78,84)/t64-,65-,66-,67+,70+/m0/s1. The first-order valence-electron chi connectivity index (χ1n) is 33.3. The molecule has 2 fully saturated rings. The number of aromatic nitrogens is 1. The van der Waals surface area contributed by atoms with E-state index in [0.29, 0.717) is 31.6 Å². The van der Waals surface area contributed by atoms with Crippen LogP contribution >= 0.6 is 0 Å². The molecule has 0 bridgehead atoms. The fourth-order valence-corrected chi connectivity index (χ4v) is 12.2. The Morgan fingerprint density at radius 1 is 0.650 bits per heavy atom. The largest absolute Gasteiger partial charge is 0.467 e. The summed E-state index contributed by atoms with van der Waals surface area (Å²) < 4.78 is 44.9. The van der Waals surface area contributed by atoms with E-state index in [9.17, 15) is 52.7 Å². The summed E-state index contributed by atoms with van der Waals surface area (Å²) in [5.41, 5.74) is 4.73. The molecule has 0 spiro atoms. The number of carbonyl (C=O) groups is 9. The van der Waals surface area contributed by atoms with Gasteiger partial charge >= 0.3 is 36.1 Å². The fourth-order valence-electron chi connectivity index (χ4n) is 12.2. The molecule has 2 aliphatic carbocycles. The zero-order valence-electron chi connectivity index (χ0n) is 56.2. The van der Waals surface area contributed by atoms with Crippen molar-refractivity contribution >= 4 is 82.2 Å². The maximum Gasteiger partial charge on any atom is 0.411 e. The molecule has 530 valence electrons. The van der Waals surface area contributed by atoms with Gasteiger partial charge in [-0.15, -0.1) is 0 Å². The number of esters is 4. The summed E-state index contributed by atoms with van der Waals surface area (Å²) >= 11 is 0. The van der Waals surface area contributed by atoms with E-state index in [1.807, 2.05) is 55.5 Å². The third-order valence-electron chi connectivity index (χ3n) is 17.0. The monoisotopic (exact) mass is 1380 g/mol. The van der Waals surface area contributed by atoms with Gasteiger partial charge < -0.3 is 64.1 Å². The highest BCUT2D eigenvalue weighted by Crippen LogP contribution is 2.45. The number of unbranched alkanes of at least 4 members (excludes halogenated alkanes) is 3. The number of fused-ring (bicyclic) bond motifs is 3. The lowest BCUT2D eigenvalue weighted by Crippen LogP contribution is -2.64. The van der Waals surface area contributed by atoms with Crippen LogP contribution in [0.1, 0.15) is 131 Å². The number of hydroxylamine groups is 2. The van der Waals surface area contributed by atoms with Crippen LogP contribution in [0.25, 0.3) is 11.1 Å². The van der Waals surface area contributed by atoms with Crippen molar-refractivity contribution in [2.75, 3.05) is 67.8 Å². The molecule has 3 aliphatic rings. The van der Waals surface area contributed by atoms with Gasteiger partial charge in [0.1, 0.15) is 30.3 Å². The Labute approximate surface area is 576 Å². The summed E-state index contributed by atoms with van der Waals surface area (Å²) in [5, 5.41) is 15.5. The minimum absolute atomic E-state index is 0.0269. The summed E-state index contributed by atoms with van der Waals surface area (Å²) in [6.07, 6.45) is 0.0463. The first kappa shape index (κ1) is 73.5. The minimum Gasteiger partial charge on any atom is -0.467 e. The molecule has 100 heavy (non-hydrogen) atoms. The van der Waals surface area contributed by atoms with E-state index >= 15 is 0 Å². The summed E-state index contributed by atoms with van der Waals surface area (Å²) in [6.45, 7) is 5.28. The van der Waals surface area contributed by atoms with Gasteiger partial charge in [-0.3, -0.25) is 53.5 Å². The number of nitrogens with one attached hydrogen (secondary N) is 5. The summed E-state index contributed by atoms with van der Waals surface area (Å²) in [4.78, 5) is 155. The van der Waals surface area contributed by atoms with Crippen LogP contribution in [0.3, 0.4) is 0 Å². The van der Waals surface area contributed by atoms with Crippen LogP contribution in [0.15, 0.2) is 125 Å². The Balaban J connectivity index is 0.804. The van der Waals surface area contributed by atoms with Crippen molar-refractivity contribution in [3.05, 3.63) is 158 Å². The molecule has 0 radical (unpaired) electrons. The van der Waals surface area contributed by atoms with Crippen molar-refractivity contribution in [2.24, 2.45) is 0 Å². The molecule has 1 aromatic heterocycles. The number of nitrogens with zero attached hydrogens (tertiary/aromatic N) is 3. The SMILES string of the molecule is CCN(CCON(C(=O)CCCCCCNc1c(Nc2ccncc2)c(=O)c1=O)C1CCCCC1)C(=O)c1cccc(NC(=O)OCc2ccc(O[C@@H]3O[C@H](C(=O)OC)[C@@H](OC(C)=O)[C@H](OC(C)=O)[C@H]3OC(C)=O)c(NC(=O)CCNC(=O)OCC3c4ccccc4-c4ccccc43)c2)c1. The molecule has 1 aliphatic heterocycles. The van der Waals surface area contributed by atoms with Crippen molar-refractivity contribution in [1.29, 1.82) is 0 Å². The van der Waals surface area contributed by atoms with Gasteiger partial charge in [0.15, 0.2) is 18.3 Å². The van der Waals surface area contributed by atoms with Crippen molar-refractivity contribution in [3.63, 3.8) is 0 Å². The summed E-state index contributed by atoms with van der Waals surface area (Å²) in [5.74, 6) is -5.43. The second-order valence-electron chi connectivity index (χ2n) is 24.0. The van der Waals surface area contributed by atoms with E-state index < -0.39 is 90.1 Å². The van der Waals surface area contributed by atoms with E-state index in [-0.39, 0.29) is 103 Å². The molecule has 5 amide bonds. The number of rotatable bonds is 32. The van der Waals surface area contributed by atoms with Crippen LogP contribution in [0.2, 0.25) is 0 Å². The Hall–Kier alpha value is -10.7. The van der Waals surface area contributed by atoms with Crippen LogP contribution in [0, 0.1) is 0 Å². The Kier molecular flexibility index (Phi) is 26.2. The van der Waals surface area contributed by atoms with E-state index in [1.54, 1.807) is 47.6 Å². The maximum atomic E-state index is 14.0. The average Bonchev–Trinajstić information content (AvgIpc) is 1.50. The zero-order valence-corrected chi connectivity index (χ0v) is 56.2. The van der Waals surface area contributed by atoms with E-state index in [4.69, 9.17) is 42.7 Å². The molecular formula is C72H82N8O20. The van der Waals surface area contributed by atoms with Crippen molar-refractivity contribution < 1.29 is 85.9 Å². The first-order chi connectivity index (χ1) is 48.3. The Bertz CT molecular complexity index is 3920. The third-order valence-corrected chi connectivity index (χ3v) is 17.0. The summed E-state index contributed by atoms with van der Waals surface area (Å²) in [6, 6.07) is 29.4. The molecule has 0 unspecified atom stereocenters.